The molecule has 0 saturated carbocycles. The summed E-state index contributed by atoms with van der Waals surface area (Å²) in [5.41, 5.74) is 2.18. The van der Waals surface area contributed by atoms with Crippen LogP contribution < -0.4 is 5.32 Å². The fourth-order valence-corrected chi connectivity index (χ4v) is 2.69. The van der Waals surface area contributed by atoms with Crippen LogP contribution in [0.3, 0.4) is 0 Å². The lowest BCUT2D eigenvalue weighted by Gasteiger charge is -2.16. The van der Waals surface area contributed by atoms with E-state index in [1.165, 1.54) is 0 Å². The third-order valence-electron chi connectivity index (χ3n) is 3.43. The van der Waals surface area contributed by atoms with Crippen molar-refractivity contribution in [2.45, 2.75) is 19.9 Å². The third-order valence-corrected chi connectivity index (χ3v) is 3.99. The van der Waals surface area contributed by atoms with E-state index in [0.29, 0.717) is 15.6 Å². The predicted octanol–water partition coefficient (Wildman–Crippen LogP) is 4.34. The summed E-state index contributed by atoms with van der Waals surface area (Å²) in [5.74, 6) is -0.948. The van der Waals surface area contributed by atoms with Gasteiger partial charge in [-0.15, -0.1) is 0 Å². The maximum Gasteiger partial charge on any atom is 0.338 e. The number of amides is 1. The zero-order valence-electron chi connectivity index (χ0n) is 13.3. The number of hydrogen-bond donors (Lipinski definition) is 1. The normalized spacial score (nSPS) is 11.7. The Balaban J connectivity index is 1.88. The minimum Gasteiger partial charge on any atom is -0.452 e. The van der Waals surface area contributed by atoms with Crippen LogP contribution in [-0.4, -0.2) is 18.5 Å². The van der Waals surface area contributed by atoms with Crippen LogP contribution in [0.25, 0.3) is 0 Å². The second-order valence-corrected chi connectivity index (χ2v) is 6.24. The van der Waals surface area contributed by atoms with Crippen LogP contribution in [0.2, 0.25) is 10.0 Å². The molecular weight excluding hydrogens is 349 g/mol. The minimum absolute atomic E-state index is 0.333. The highest BCUT2D eigenvalue weighted by molar-refractivity contribution is 6.35. The highest BCUT2D eigenvalue weighted by Crippen LogP contribution is 2.25. The van der Waals surface area contributed by atoms with Crippen LogP contribution in [0.5, 0.6) is 0 Å². The lowest BCUT2D eigenvalue weighted by Crippen LogP contribution is -2.31. The Hall–Kier alpha value is -2.04. The average Bonchev–Trinajstić information content (AvgIpc) is 2.53. The lowest BCUT2D eigenvalue weighted by atomic mass is 10.1. The molecule has 0 aliphatic heterocycles. The summed E-state index contributed by atoms with van der Waals surface area (Å²) >= 11 is 12.0. The molecule has 126 valence electrons. The topological polar surface area (TPSA) is 55.4 Å². The van der Waals surface area contributed by atoms with Crippen molar-refractivity contribution in [3.8, 4) is 0 Å². The number of rotatable bonds is 5. The number of halogens is 2. The standard InChI is InChI=1S/C18H17Cl2NO3/c1-11-3-5-13(6-4-11)18(23)24-10-17(22)21-12(2)15-8-7-14(19)9-16(15)20/h3-9,12H,10H2,1-2H3,(H,21,22). The zero-order chi connectivity index (χ0) is 17.7. The van der Waals surface area contributed by atoms with E-state index in [0.717, 1.165) is 11.1 Å². The number of carbonyl (C=O) groups excluding carboxylic acids is 2. The van der Waals surface area contributed by atoms with Gasteiger partial charge < -0.3 is 10.1 Å². The molecule has 1 atom stereocenters. The Kier molecular flexibility index (Phi) is 6.23. The van der Waals surface area contributed by atoms with Crippen LogP contribution in [0.15, 0.2) is 42.5 Å². The van der Waals surface area contributed by atoms with Gasteiger partial charge in [-0.3, -0.25) is 4.79 Å². The molecule has 6 heteroatoms. The molecule has 0 aliphatic rings. The molecule has 0 radical (unpaired) electrons. The summed E-state index contributed by atoms with van der Waals surface area (Å²) in [4.78, 5) is 23.8. The van der Waals surface area contributed by atoms with Gasteiger partial charge in [-0.05, 0) is 43.7 Å². The van der Waals surface area contributed by atoms with E-state index < -0.39 is 11.9 Å². The molecule has 2 aromatic carbocycles. The fraction of sp³-hybridized carbons (Fsp3) is 0.222. The van der Waals surface area contributed by atoms with Crippen LogP contribution in [0.1, 0.15) is 34.5 Å². The molecule has 0 bridgehead atoms. The van der Waals surface area contributed by atoms with Crippen LogP contribution in [0.4, 0.5) is 0 Å². The molecule has 0 spiro atoms. The van der Waals surface area contributed by atoms with E-state index in [2.05, 4.69) is 5.32 Å². The highest BCUT2D eigenvalue weighted by atomic mass is 35.5. The van der Waals surface area contributed by atoms with Crippen molar-refractivity contribution in [2.75, 3.05) is 6.61 Å². The molecule has 4 nitrogen and oxygen atoms in total. The van der Waals surface area contributed by atoms with E-state index >= 15 is 0 Å². The molecular formula is C18H17Cl2NO3. The monoisotopic (exact) mass is 365 g/mol. The second-order valence-electron chi connectivity index (χ2n) is 5.40. The maximum atomic E-state index is 11.9. The van der Waals surface area contributed by atoms with Gasteiger partial charge in [0.05, 0.1) is 11.6 Å². The maximum absolute atomic E-state index is 11.9. The zero-order valence-corrected chi connectivity index (χ0v) is 14.8. The van der Waals surface area contributed by atoms with Gasteiger partial charge in [0.2, 0.25) is 0 Å². The minimum atomic E-state index is -0.540. The van der Waals surface area contributed by atoms with E-state index in [1.54, 1.807) is 49.4 Å². The number of esters is 1. The average molecular weight is 366 g/mol. The Bertz CT molecular complexity index is 744. The molecule has 0 heterocycles. The summed E-state index contributed by atoms with van der Waals surface area (Å²) in [5, 5.41) is 3.72. The summed E-state index contributed by atoms with van der Waals surface area (Å²) in [6, 6.07) is 11.6. The SMILES string of the molecule is Cc1ccc(C(=O)OCC(=O)NC(C)c2ccc(Cl)cc2Cl)cc1. The second kappa shape index (κ2) is 8.18. The number of nitrogens with one attached hydrogen (secondary N) is 1. The number of benzene rings is 2. The van der Waals surface area contributed by atoms with Gasteiger partial charge in [0, 0.05) is 10.0 Å². The van der Waals surface area contributed by atoms with Gasteiger partial charge in [-0.2, -0.15) is 0 Å². The summed E-state index contributed by atoms with van der Waals surface area (Å²) in [6.45, 7) is 3.35. The van der Waals surface area contributed by atoms with Crippen molar-refractivity contribution in [2.24, 2.45) is 0 Å². The van der Waals surface area contributed by atoms with E-state index in [1.807, 2.05) is 6.92 Å². The largest absolute Gasteiger partial charge is 0.452 e. The molecule has 24 heavy (non-hydrogen) atoms. The quantitative estimate of drug-likeness (QED) is 0.801. The first-order valence-corrected chi connectivity index (χ1v) is 8.10. The number of carbonyl (C=O) groups is 2. The summed E-state index contributed by atoms with van der Waals surface area (Å²) in [6.07, 6.45) is 0. The molecule has 1 unspecified atom stereocenters. The van der Waals surface area contributed by atoms with Crippen LogP contribution in [-0.2, 0) is 9.53 Å². The molecule has 0 aromatic heterocycles. The van der Waals surface area contributed by atoms with Crippen molar-refractivity contribution in [1.29, 1.82) is 0 Å². The highest BCUT2D eigenvalue weighted by Gasteiger charge is 2.15. The van der Waals surface area contributed by atoms with Gasteiger partial charge in [-0.1, -0.05) is 47.0 Å². The number of hydrogen-bond acceptors (Lipinski definition) is 3. The first-order valence-electron chi connectivity index (χ1n) is 7.35. The summed E-state index contributed by atoms with van der Waals surface area (Å²) in [7, 11) is 0. The Morgan fingerprint density at radius 1 is 1.12 bits per heavy atom. The van der Waals surface area contributed by atoms with Crippen molar-refractivity contribution < 1.29 is 14.3 Å². The molecule has 0 saturated heterocycles. The van der Waals surface area contributed by atoms with Crippen molar-refractivity contribution >= 4 is 35.1 Å². The molecule has 2 aromatic rings. The van der Waals surface area contributed by atoms with Gasteiger partial charge in [0.1, 0.15) is 0 Å². The van der Waals surface area contributed by atoms with Crippen molar-refractivity contribution in [3.05, 3.63) is 69.2 Å². The van der Waals surface area contributed by atoms with Crippen molar-refractivity contribution in [1.82, 2.24) is 5.32 Å². The Morgan fingerprint density at radius 2 is 1.79 bits per heavy atom. The summed E-state index contributed by atoms with van der Waals surface area (Å²) < 4.78 is 5.01. The smallest absolute Gasteiger partial charge is 0.338 e. The Labute approximate surface area is 150 Å². The molecule has 1 N–H and O–H groups in total. The van der Waals surface area contributed by atoms with Crippen LogP contribution in [0, 0.1) is 6.92 Å². The van der Waals surface area contributed by atoms with Crippen molar-refractivity contribution in [3.63, 3.8) is 0 Å². The van der Waals surface area contributed by atoms with E-state index in [9.17, 15) is 9.59 Å². The van der Waals surface area contributed by atoms with Crippen LogP contribution >= 0.6 is 23.2 Å². The van der Waals surface area contributed by atoms with E-state index in [4.69, 9.17) is 27.9 Å². The van der Waals surface area contributed by atoms with Gasteiger partial charge in [0.25, 0.3) is 5.91 Å². The van der Waals surface area contributed by atoms with Gasteiger partial charge in [-0.25, -0.2) is 4.79 Å². The predicted molar refractivity (Wildman–Crippen MR) is 94.5 cm³/mol. The lowest BCUT2D eigenvalue weighted by molar-refractivity contribution is -0.124. The van der Waals surface area contributed by atoms with Gasteiger partial charge in [0.15, 0.2) is 6.61 Å². The first-order chi connectivity index (χ1) is 11.4. The fourth-order valence-electron chi connectivity index (χ4n) is 2.12. The first kappa shape index (κ1) is 18.3. The number of aryl methyl sites for hydroxylation is 1. The Morgan fingerprint density at radius 3 is 2.42 bits per heavy atom. The van der Waals surface area contributed by atoms with E-state index in [-0.39, 0.29) is 12.6 Å². The molecule has 1 amide bonds. The molecule has 0 aliphatic carbocycles. The number of ether oxygens (including phenoxy) is 1. The van der Waals surface area contributed by atoms with Gasteiger partial charge >= 0.3 is 5.97 Å². The third kappa shape index (κ3) is 4.98. The molecule has 2 rings (SSSR count). The molecule has 0 fully saturated rings.